The second-order valence-electron chi connectivity index (χ2n) is 12.6. The molecule has 6 heteroatoms. The van der Waals surface area contributed by atoms with Crippen LogP contribution in [0.25, 0.3) is 22.3 Å². The Bertz CT molecular complexity index is 1460. The third-order valence-corrected chi connectivity index (χ3v) is 8.47. The van der Waals surface area contributed by atoms with E-state index in [9.17, 15) is 9.59 Å². The Balaban J connectivity index is 1.26. The zero-order valence-electron chi connectivity index (χ0n) is 29.0. The Morgan fingerprint density at radius 3 is 1.10 bits per heavy atom. The average Bonchev–Trinajstić information content (AvgIpc) is 3.11. The Morgan fingerprint density at radius 1 is 0.479 bits per heavy atom. The monoisotopic (exact) mass is 646 g/mol. The van der Waals surface area contributed by atoms with Crippen molar-refractivity contribution in [3.05, 3.63) is 108 Å². The lowest BCUT2D eigenvalue weighted by molar-refractivity contribution is 0.0309. The summed E-state index contributed by atoms with van der Waals surface area (Å²) >= 11 is 0. The van der Waals surface area contributed by atoms with Crippen LogP contribution >= 0.6 is 0 Å². The van der Waals surface area contributed by atoms with Crippen molar-refractivity contribution in [2.24, 2.45) is 10.2 Å². The van der Waals surface area contributed by atoms with E-state index in [2.05, 4.69) is 24.1 Å². The lowest BCUT2D eigenvalue weighted by Crippen LogP contribution is -2.15. The van der Waals surface area contributed by atoms with Crippen molar-refractivity contribution in [2.75, 3.05) is 0 Å². The van der Waals surface area contributed by atoms with Gasteiger partial charge in [0.15, 0.2) is 0 Å². The molecule has 0 aliphatic heterocycles. The van der Waals surface area contributed by atoms with E-state index in [-0.39, 0.29) is 24.1 Å². The van der Waals surface area contributed by atoms with E-state index in [4.69, 9.17) is 9.47 Å². The predicted octanol–water partition coefficient (Wildman–Crippen LogP) is 12.5. The molecule has 0 radical (unpaired) electrons. The molecule has 0 aromatic heterocycles. The molecule has 48 heavy (non-hydrogen) atoms. The van der Waals surface area contributed by atoms with E-state index in [1.165, 1.54) is 38.5 Å². The molecular weight excluding hydrogens is 596 g/mol. The summed E-state index contributed by atoms with van der Waals surface area (Å²) in [5.41, 5.74) is 6.68. The van der Waals surface area contributed by atoms with Gasteiger partial charge in [-0.05, 0) is 110 Å². The normalized spacial score (nSPS) is 12.5. The van der Waals surface area contributed by atoms with Crippen LogP contribution in [0.2, 0.25) is 0 Å². The molecule has 0 spiro atoms. The fraction of sp³-hybridized carbons (Fsp3) is 0.381. The topological polar surface area (TPSA) is 77.3 Å². The van der Waals surface area contributed by atoms with E-state index < -0.39 is 0 Å². The van der Waals surface area contributed by atoms with Crippen LogP contribution in [0.15, 0.2) is 107 Å². The molecule has 0 heterocycles. The summed E-state index contributed by atoms with van der Waals surface area (Å²) in [5, 5.41) is 8.81. The average molecular weight is 647 g/mol. The number of ether oxygens (including phenoxy) is 2. The summed E-state index contributed by atoms with van der Waals surface area (Å²) in [6, 6.07) is 30.7. The highest BCUT2D eigenvalue weighted by Crippen LogP contribution is 2.27. The van der Waals surface area contributed by atoms with Crippen molar-refractivity contribution in [2.45, 2.75) is 104 Å². The van der Waals surface area contributed by atoms with Crippen LogP contribution < -0.4 is 0 Å². The first-order valence-corrected chi connectivity index (χ1v) is 17.6. The maximum Gasteiger partial charge on any atom is 0.338 e. The molecule has 0 saturated carbocycles. The molecule has 6 nitrogen and oxygen atoms in total. The number of hydrogen-bond donors (Lipinski definition) is 0. The number of benzene rings is 4. The predicted molar refractivity (Wildman–Crippen MR) is 195 cm³/mol. The van der Waals surface area contributed by atoms with Gasteiger partial charge in [-0.15, -0.1) is 0 Å². The minimum absolute atomic E-state index is 0.0802. The summed E-state index contributed by atoms with van der Waals surface area (Å²) in [5.74, 6) is -0.553. The van der Waals surface area contributed by atoms with Gasteiger partial charge in [-0.1, -0.05) is 101 Å². The van der Waals surface area contributed by atoms with Gasteiger partial charge in [0.25, 0.3) is 0 Å². The van der Waals surface area contributed by atoms with E-state index in [1.807, 2.05) is 111 Å². The minimum atomic E-state index is -0.276. The summed E-state index contributed by atoms with van der Waals surface area (Å²) in [7, 11) is 0. The second-order valence-corrected chi connectivity index (χ2v) is 12.6. The maximum absolute atomic E-state index is 12.6. The number of unbranched alkanes of at least 4 members (excludes halogenated alkanes) is 6. The molecule has 0 N–H and O–H groups in total. The SMILES string of the molecule is CCCCCC[C@H](C)OC(=O)c1ccc(-c2ccc(N=Nc3ccc(-c4ccc(C(=O)O[C@@H](C)CCCCCC)cc4)cc3)cc2)cc1. The number of rotatable bonds is 18. The molecule has 4 aromatic carbocycles. The van der Waals surface area contributed by atoms with Gasteiger partial charge in [-0.25, -0.2) is 9.59 Å². The Labute approximate surface area is 286 Å². The lowest BCUT2D eigenvalue weighted by Gasteiger charge is -2.13. The first-order valence-electron chi connectivity index (χ1n) is 17.6. The minimum Gasteiger partial charge on any atom is -0.459 e. The van der Waals surface area contributed by atoms with Crippen molar-refractivity contribution in [1.29, 1.82) is 0 Å². The molecule has 0 bridgehead atoms. The van der Waals surface area contributed by atoms with Gasteiger partial charge in [-0.3, -0.25) is 0 Å². The Kier molecular flexibility index (Phi) is 14.6. The van der Waals surface area contributed by atoms with Crippen molar-refractivity contribution in [1.82, 2.24) is 0 Å². The van der Waals surface area contributed by atoms with Crippen LogP contribution in [-0.4, -0.2) is 24.1 Å². The number of nitrogens with zero attached hydrogens (tertiary/aromatic N) is 2. The van der Waals surface area contributed by atoms with Gasteiger partial charge in [-0.2, -0.15) is 10.2 Å². The van der Waals surface area contributed by atoms with Crippen LogP contribution in [-0.2, 0) is 9.47 Å². The van der Waals surface area contributed by atoms with Crippen molar-refractivity contribution in [3.63, 3.8) is 0 Å². The maximum atomic E-state index is 12.6. The molecule has 4 aromatic rings. The van der Waals surface area contributed by atoms with Crippen molar-refractivity contribution >= 4 is 23.3 Å². The van der Waals surface area contributed by atoms with Crippen LogP contribution in [0.3, 0.4) is 0 Å². The Hall–Kier alpha value is -4.58. The first-order chi connectivity index (χ1) is 23.4. The largest absolute Gasteiger partial charge is 0.459 e. The van der Waals surface area contributed by atoms with Gasteiger partial charge in [0.05, 0.1) is 34.7 Å². The standard InChI is InChI=1S/C42H50N2O4/c1-5-7-9-11-13-31(3)47-41(45)37-19-15-33(16-20-37)35-23-27-39(28-24-35)43-44-40-29-25-36(26-30-40)34-17-21-38(22-18-34)42(46)48-32(4)14-12-10-8-6-2/h15-32H,5-14H2,1-4H3/t31-,32-/m0/s1. The Morgan fingerprint density at radius 2 is 0.792 bits per heavy atom. The number of carbonyl (C=O) groups excluding carboxylic acids is 2. The van der Waals surface area contributed by atoms with E-state index in [0.29, 0.717) is 11.1 Å². The first kappa shape index (κ1) is 36.3. The van der Waals surface area contributed by atoms with Crippen LogP contribution in [0.4, 0.5) is 11.4 Å². The fourth-order valence-electron chi connectivity index (χ4n) is 5.49. The second kappa shape index (κ2) is 19.3. The summed E-state index contributed by atoms with van der Waals surface area (Å²) < 4.78 is 11.3. The fourth-order valence-corrected chi connectivity index (χ4v) is 5.49. The smallest absolute Gasteiger partial charge is 0.338 e. The molecular formula is C42H50N2O4. The third kappa shape index (κ3) is 11.6. The highest BCUT2D eigenvalue weighted by atomic mass is 16.5. The lowest BCUT2D eigenvalue weighted by atomic mass is 10.0. The molecule has 0 aliphatic rings. The van der Waals surface area contributed by atoms with E-state index >= 15 is 0 Å². The molecule has 0 aliphatic carbocycles. The molecule has 252 valence electrons. The van der Waals surface area contributed by atoms with Crippen LogP contribution in [0.5, 0.6) is 0 Å². The number of hydrogen-bond acceptors (Lipinski definition) is 6. The van der Waals surface area contributed by atoms with Gasteiger partial charge in [0, 0.05) is 0 Å². The third-order valence-electron chi connectivity index (χ3n) is 8.47. The zero-order chi connectivity index (χ0) is 34.1. The molecule has 0 amide bonds. The molecule has 2 atom stereocenters. The van der Waals surface area contributed by atoms with Crippen molar-refractivity contribution < 1.29 is 19.1 Å². The highest BCUT2D eigenvalue weighted by molar-refractivity contribution is 5.90. The van der Waals surface area contributed by atoms with Gasteiger partial charge >= 0.3 is 11.9 Å². The summed E-state index contributed by atoms with van der Waals surface area (Å²) in [6.07, 6.45) is 11.0. The molecule has 0 unspecified atom stereocenters. The molecule has 4 rings (SSSR count). The quantitative estimate of drug-likeness (QED) is 0.0612. The number of azo groups is 1. The summed E-state index contributed by atoms with van der Waals surface area (Å²) in [4.78, 5) is 25.1. The number of esters is 2. The van der Waals surface area contributed by atoms with Crippen LogP contribution in [0, 0.1) is 0 Å². The zero-order valence-corrected chi connectivity index (χ0v) is 29.0. The van der Waals surface area contributed by atoms with E-state index in [0.717, 1.165) is 59.3 Å². The summed E-state index contributed by atoms with van der Waals surface area (Å²) in [6.45, 7) is 8.31. The van der Waals surface area contributed by atoms with Gasteiger partial charge in [0.2, 0.25) is 0 Å². The van der Waals surface area contributed by atoms with Crippen LogP contribution in [0.1, 0.15) is 113 Å². The number of carbonyl (C=O) groups is 2. The highest BCUT2D eigenvalue weighted by Gasteiger charge is 2.13. The van der Waals surface area contributed by atoms with Crippen molar-refractivity contribution in [3.8, 4) is 22.3 Å². The van der Waals surface area contributed by atoms with Gasteiger partial charge < -0.3 is 9.47 Å². The molecule has 0 fully saturated rings. The van der Waals surface area contributed by atoms with Gasteiger partial charge in [0.1, 0.15) is 0 Å². The van der Waals surface area contributed by atoms with E-state index in [1.54, 1.807) is 0 Å². The molecule has 0 saturated heterocycles.